The monoisotopic (exact) mass is 322 g/mol. The molecule has 0 aliphatic carbocycles. The van der Waals surface area contributed by atoms with Gasteiger partial charge in [-0.3, -0.25) is 14.9 Å². The summed E-state index contributed by atoms with van der Waals surface area (Å²) in [6.45, 7) is 0. The second kappa shape index (κ2) is 6.78. The van der Waals surface area contributed by atoms with E-state index in [-0.39, 0.29) is 11.3 Å². The van der Waals surface area contributed by atoms with E-state index in [0.29, 0.717) is 5.76 Å². The first-order valence-electron chi connectivity index (χ1n) is 7.29. The lowest BCUT2D eigenvalue weighted by Crippen LogP contribution is -2.29. The number of nitro benzene ring substituents is 1. The molecule has 0 spiro atoms. The summed E-state index contributed by atoms with van der Waals surface area (Å²) in [7, 11) is 0. The van der Waals surface area contributed by atoms with Gasteiger partial charge in [0.1, 0.15) is 11.8 Å². The number of amides is 1. The Morgan fingerprint density at radius 3 is 2.50 bits per heavy atom. The zero-order valence-electron chi connectivity index (χ0n) is 12.6. The largest absolute Gasteiger partial charge is 0.467 e. The standard InChI is InChI=1S/C18H14N2O4/c21-18(14-8-4-9-15(12-14)20(22)23)19-17(16-10-5-11-24-16)13-6-2-1-3-7-13/h1-12,17H,(H,19,21)/t17-/m0/s1. The Labute approximate surface area is 137 Å². The van der Waals surface area contributed by atoms with Crippen LogP contribution in [0.2, 0.25) is 0 Å². The molecule has 0 radical (unpaired) electrons. The number of non-ortho nitro benzene ring substituents is 1. The molecule has 6 nitrogen and oxygen atoms in total. The Kier molecular flexibility index (Phi) is 4.38. The lowest BCUT2D eigenvalue weighted by molar-refractivity contribution is -0.384. The predicted molar refractivity (Wildman–Crippen MR) is 87.6 cm³/mol. The van der Waals surface area contributed by atoms with Gasteiger partial charge in [0.2, 0.25) is 0 Å². The zero-order valence-corrected chi connectivity index (χ0v) is 12.6. The van der Waals surface area contributed by atoms with Gasteiger partial charge in [-0.1, -0.05) is 36.4 Å². The van der Waals surface area contributed by atoms with Gasteiger partial charge >= 0.3 is 0 Å². The maximum absolute atomic E-state index is 12.5. The van der Waals surface area contributed by atoms with Crippen molar-refractivity contribution in [1.82, 2.24) is 5.32 Å². The van der Waals surface area contributed by atoms with Crippen LogP contribution in [0.4, 0.5) is 5.69 Å². The van der Waals surface area contributed by atoms with Gasteiger partial charge in [-0.25, -0.2) is 0 Å². The average molecular weight is 322 g/mol. The van der Waals surface area contributed by atoms with Crippen LogP contribution in [-0.2, 0) is 0 Å². The van der Waals surface area contributed by atoms with E-state index >= 15 is 0 Å². The van der Waals surface area contributed by atoms with Gasteiger partial charge in [0.05, 0.1) is 11.2 Å². The number of carbonyl (C=O) groups is 1. The Bertz CT molecular complexity index is 844. The molecule has 0 aliphatic heterocycles. The molecule has 2 aromatic carbocycles. The first-order chi connectivity index (χ1) is 11.6. The van der Waals surface area contributed by atoms with Gasteiger partial charge in [0, 0.05) is 17.7 Å². The second-order valence-corrected chi connectivity index (χ2v) is 5.14. The van der Waals surface area contributed by atoms with Gasteiger partial charge in [0.15, 0.2) is 0 Å². The molecule has 0 saturated heterocycles. The highest BCUT2D eigenvalue weighted by molar-refractivity contribution is 5.95. The topological polar surface area (TPSA) is 85.4 Å². The first kappa shape index (κ1) is 15.5. The number of nitrogens with one attached hydrogen (secondary N) is 1. The van der Waals surface area contributed by atoms with Gasteiger partial charge in [-0.05, 0) is 23.8 Å². The van der Waals surface area contributed by atoms with Crippen LogP contribution in [0.25, 0.3) is 0 Å². The fourth-order valence-corrected chi connectivity index (χ4v) is 2.39. The normalized spacial score (nSPS) is 11.7. The third-order valence-corrected chi connectivity index (χ3v) is 3.56. The predicted octanol–water partition coefficient (Wildman–Crippen LogP) is 3.71. The fourth-order valence-electron chi connectivity index (χ4n) is 2.39. The lowest BCUT2D eigenvalue weighted by atomic mass is 10.0. The summed E-state index contributed by atoms with van der Waals surface area (Å²) >= 11 is 0. The molecule has 0 saturated carbocycles. The summed E-state index contributed by atoms with van der Waals surface area (Å²) in [4.78, 5) is 22.9. The van der Waals surface area contributed by atoms with E-state index in [9.17, 15) is 14.9 Å². The summed E-state index contributed by atoms with van der Waals surface area (Å²) in [5.74, 6) is 0.170. The highest BCUT2D eigenvalue weighted by Gasteiger charge is 2.21. The van der Waals surface area contributed by atoms with Crippen LogP contribution in [-0.4, -0.2) is 10.8 Å². The molecular formula is C18H14N2O4. The maximum Gasteiger partial charge on any atom is 0.270 e. The fraction of sp³-hybridized carbons (Fsp3) is 0.0556. The van der Waals surface area contributed by atoms with Crippen molar-refractivity contribution < 1.29 is 14.1 Å². The quantitative estimate of drug-likeness (QED) is 0.573. The van der Waals surface area contributed by atoms with Crippen LogP contribution >= 0.6 is 0 Å². The Morgan fingerprint density at radius 2 is 1.83 bits per heavy atom. The molecule has 3 aromatic rings. The Hall–Kier alpha value is -3.41. The van der Waals surface area contributed by atoms with E-state index in [1.165, 1.54) is 30.5 Å². The minimum atomic E-state index is -0.530. The maximum atomic E-state index is 12.5. The molecule has 1 aromatic heterocycles. The summed E-state index contributed by atoms with van der Waals surface area (Å²) in [6, 6.07) is 18.0. The highest BCUT2D eigenvalue weighted by Crippen LogP contribution is 2.23. The summed E-state index contributed by atoms with van der Waals surface area (Å²) in [5, 5.41) is 13.7. The van der Waals surface area contributed by atoms with Crippen molar-refractivity contribution in [2.75, 3.05) is 0 Å². The summed E-state index contributed by atoms with van der Waals surface area (Å²) in [6.07, 6.45) is 1.53. The average Bonchev–Trinajstić information content (AvgIpc) is 3.14. The number of benzene rings is 2. The van der Waals surface area contributed by atoms with Crippen molar-refractivity contribution in [3.8, 4) is 0 Å². The number of hydrogen-bond donors (Lipinski definition) is 1. The Balaban J connectivity index is 1.89. The molecule has 1 heterocycles. The zero-order chi connectivity index (χ0) is 16.9. The van der Waals surface area contributed by atoms with Crippen LogP contribution in [0.5, 0.6) is 0 Å². The molecule has 0 bridgehead atoms. The molecule has 1 amide bonds. The number of nitro groups is 1. The molecule has 0 fully saturated rings. The smallest absolute Gasteiger partial charge is 0.270 e. The van der Waals surface area contributed by atoms with Gasteiger partial charge in [0.25, 0.3) is 11.6 Å². The van der Waals surface area contributed by atoms with Gasteiger partial charge < -0.3 is 9.73 Å². The number of furan rings is 1. The van der Waals surface area contributed by atoms with Crippen molar-refractivity contribution in [2.24, 2.45) is 0 Å². The van der Waals surface area contributed by atoms with E-state index in [1.54, 1.807) is 12.1 Å². The van der Waals surface area contributed by atoms with Crippen molar-refractivity contribution >= 4 is 11.6 Å². The van der Waals surface area contributed by atoms with Crippen LogP contribution in [0, 0.1) is 10.1 Å². The molecular weight excluding hydrogens is 308 g/mol. The molecule has 0 aliphatic rings. The van der Waals surface area contributed by atoms with Gasteiger partial charge in [-0.15, -0.1) is 0 Å². The molecule has 6 heteroatoms. The minimum Gasteiger partial charge on any atom is -0.467 e. The van der Waals surface area contributed by atoms with E-state index in [2.05, 4.69) is 5.32 Å². The molecule has 24 heavy (non-hydrogen) atoms. The number of hydrogen-bond acceptors (Lipinski definition) is 4. The van der Waals surface area contributed by atoms with Crippen LogP contribution in [0.3, 0.4) is 0 Å². The van der Waals surface area contributed by atoms with E-state index in [1.807, 2.05) is 30.3 Å². The van der Waals surface area contributed by atoms with Gasteiger partial charge in [-0.2, -0.15) is 0 Å². The third-order valence-electron chi connectivity index (χ3n) is 3.56. The van der Waals surface area contributed by atoms with E-state index in [0.717, 1.165) is 5.56 Å². The first-order valence-corrected chi connectivity index (χ1v) is 7.29. The molecule has 0 unspecified atom stereocenters. The minimum absolute atomic E-state index is 0.128. The van der Waals surface area contributed by atoms with Crippen molar-refractivity contribution in [1.29, 1.82) is 0 Å². The number of nitrogens with zero attached hydrogens (tertiary/aromatic N) is 1. The van der Waals surface area contributed by atoms with Crippen molar-refractivity contribution in [3.63, 3.8) is 0 Å². The number of carbonyl (C=O) groups excluding carboxylic acids is 1. The summed E-state index contributed by atoms with van der Waals surface area (Å²) in [5.41, 5.74) is 0.944. The van der Waals surface area contributed by atoms with Crippen molar-refractivity contribution in [2.45, 2.75) is 6.04 Å². The molecule has 1 atom stereocenters. The number of rotatable bonds is 5. The SMILES string of the molecule is O=C(N[C@@H](c1ccccc1)c1ccco1)c1cccc([N+](=O)[O-])c1. The summed E-state index contributed by atoms with van der Waals surface area (Å²) < 4.78 is 5.43. The highest BCUT2D eigenvalue weighted by atomic mass is 16.6. The van der Waals surface area contributed by atoms with E-state index in [4.69, 9.17) is 4.42 Å². The van der Waals surface area contributed by atoms with E-state index < -0.39 is 16.9 Å². The molecule has 1 N–H and O–H groups in total. The van der Waals surface area contributed by atoms with Crippen LogP contribution in [0.1, 0.15) is 27.7 Å². The Morgan fingerprint density at radius 1 is 1.04 bits per heavy atom. The molecule has 3 rings (SSSR count). The lowest BCUT2D eigenvalue weighted by Gasteiger charge is -2.17. The van der Waals surface area contributed by atoms with Crippen LogP contribution < -0.4 is 5.32 Å². The van der Waals surface area contributed by atoms with Crippen molar-refractivity contribution in [3.05, 3.63) is 100.0 Å². The second-order valence-electron chi connectivity index (χ2n) is 5.14. The molecule has 120 valence electrons. The third kappa shape index (κ3) is 3.33. The van der Waals surface area contributed by atoms with Crippen LogP contribution in [0.15, 0.2) is 77.4 Å².